The second kappa shape index (κ2) is 4.28. The normalized spacial score (nSPS) is 16.5. The van der Waals surface area contributed by atoms with Gasteiger partial charge in [-0.2, -0.15) is 4.39 Å². The lowest BCUT2D eigenvalue weighted by atomic mass is 10.1. The minimum Gasteiger partial charge on any atom is -0.298 e. The summed E-state index contributed by atoms with van der Waals surface area (Å²) >= 11 is 0. The van der Waals surface area contributed by atoms with E-state index in [0.29, 0.717) is 6.67 Å². The SMILES string of the molecule is Fc1ccc(CC2=NCNCC2)cn1. The maximum atomic E-state index is 12.5. The van der Waals surface area contributed by atoms with Crippen molar-refractivity contribution in [3.05, 3.63) is 29.8 Å². The molecule has 0 atom stereocenters. The second-order valence-electron chi connectivity index (χ2n) is 3.30. The van der Waals surface area contributed by atoms with E-state index in [1.807, 2.05) is 0 Å². The molecule has 1 aromatic rings. The summed E-state index contributed by atoms with van der Waals surface area (Å²) in [4.78, 5) is 7.94. The Morgan fingerprint density at radius 2 is 2.36 bits per heavy atom. The Balaban J connectivity index is 2.03. The molecule has 0 aliphatic carbocycles. The lowest BCUT2D eigenvalue weighted by Crippen LogP contribution is -2.25. The van der Waals surface area contributed by atoms with Gasteiger partial charge < -0.3 is 0 Å². The lowest BCUT2D eigenvalue weighted by Gasteiger charge is -2.12. The minimum atomic E-state index is -0.430. The molecule has 0 bridgehead atoms. The Morgan fingerprint density at radius 3 is 3.00 bits per heavy atom. The maximum Gasteiger partial charge on any atom is 0.212 e. The van der Waals surface area contributed by atoms with Gasteiger partial charge >= 0.3 is 0 Å². The molecule has 1 aliphatic rings. The van der Waals surface area contributed by atoms with Gasteiger partial charge in [0.2, 0.25) is 5.95 Å². The van der Waals surface area contributed by atoms with Crippen molar-refractivity contribution >= 4 is 5.71 Å². The summed E-state index contributed by atoms with van der Waals surface area (Å²) in [7, 11) is 0. The van der Waals surface area contributed by atoms with E-state index < -0.39 is 5.95 Å². The van der Waals surface area contributed by atoms with Crippen LogP contribution < -0.4 is 5.32 Å². The number of aliphatic imine (C=N–C) groups is 1. The molecule has 0 radical (unpaired) electrons. The van der Waals surface area contributed by atoms with Gasteiger partial charge in [-0.05, 0) is 18.1 Å². The number of pyridine rings is 1. The fourth-order valence-corrected chi connectivity index (χ4v) is 1.45. The highest BCUT2D eigenvalue weighted by Crippen LogP contribution is 2.04. The molecule has 1 aromatic heterocycles. The average Bonchev–Trinajstić information content (AvgIpc) is 2.23. The molecule has 4 heteroatoms. The number of aromatic nitrogens is 1. The lowest BCUT2D eigenvalue weighted by molar-refractivity contribution is 0.582. The first-order chi connectivity index (χ1) is 6.84. The van der Waals surface area contributed by atoms with Gasteiger partial charge in [0.25, 0.3) is 0 Å². The third kappa shape index (κ3) is 2.35. The third-order valence-corrected chi connectivity index (χ3v) is 2.20. The van der Waals surface area contributed by atoms with Gasteiger partial charge in [-0.3, -0.25) is 10.3 Å². The van der Waals surface area contributed by atoms with E-state index in [9.17, 15) is 4.39 Å². The molecule has 1 N–H and O–H groups in total. The fourth-order valence-electron chi connectivity index (χ4n) is 1.45. The Morgan fingerprint density at radius 1 is 1.43 bits per heavy atom. The molecular weight excluding hydrogens is 181 g/mol. The van der Waals surface area contributed by atoms with Gasteiger partial charge in [0, 0.05) is 24.9 Å². The second-order valence-corrected chi connectivity index (χ2v) is 3.30. The summed E-state index contributed by atoms with van der Waals surface area (Å²) in [5.74, 6) is -0.430. The van der Waals surface area contributed by atoms with Gasteiger partial charge in [-0.1, -0.05) is 6.07 Å². The van der Waals surface area contributed by atoms with E-state index in [4.69, 9.17) is 0 Å². The van der Waals surface area contributed by atoms with Crippen molar-refractivity contribution in [3.63, 3.8) is 0 Å². The van der Waals surface area contributed by atoms with Gasteiger partial charge in [0.05, 0.1) is 6.67 Å². The number of nitrogens with one attached hydrogen (secondary N) is 1. The number of nitrogens with zero attached hydrogens (tertiary/aromatic N) is 2. The van der Waals surface area contributed by atoms with Gasteiger partial charge in [-0.15, -0.1) is 0 Å². The molecule has 3 nitrogen and oxygen atoms in total. The monoisotopic (exact) mass is 193 g/mol. The van der Waals surface area contributed by atoms with E-state index in [2.05, 4.69) is 15.3 Å². The molecule has 2 heterocycles. The number of hydrogen-bond donors (Lipinski definition) is 1. The van der Waals surface area contributed by atoms with Crippen molar-refractivity contribution in [1.29, 1.82) is 0 Å². The first-order valence-corrected chi connectivity index (χ1v) is 4.68. The Hall–Kier alpha value is -1.29. The van der Waals surface area contributed by atoms with Crippen LogP contribution >= 0.6 is 0 Å². The Bertz CT molecular complexity index is 332. The number of rotatable bonds is 2. The van der Waals surface area contributed by atoms with Crippen LogP contribution in [0.2, 0.25) is 0 Å². The van der Waals surface area contributed by atoms with E-state index in [1.54, 1.807) is 12.3 Å². The van der Waals surface area contributed by atoms with Gasteiger partial charge in [-0.25, -0.2) is 4.98 Å². The molecule has 2 rings (SSSR count). The molecule has 0 amide bonds. The fraction of sp³-hybridized carbons (Fsp3) is 0.400. The minimum absolute atomic E-state index is 0.430. The molecule has 0 fully saturated rings. The zero-order valence-electron chi connectivity index (χ0n) is 7.83. The van der Waals surface area contributed by atoms with Crippen molar-refractivity contribution in [3.8, 4) is 0 Å². The van der Waals surface area contributed by atoms with Crippen molar-refractivity contribution in [2.24, 2.45) is 4.99 Å². The van der Waals surface area contributed by atoms with Gasteiger partial charge in [0.15, 0.2) is 0 Å². The summed E-state index contributed by atoms with van der Waals surface area (Å²) < 4.78 is 12.5. The van der Waals surface area contributed by atoms with Crippen LogP contribution in [0.15, 0.2) is 23.3 Å². The van der Waals surface area contributed by atoms with Crippen LogP contribution in [0.3, 0.4) is 0 Å². The first-order valence-electron chi connectivity index (χ1n) is 4.68. The topological polar surface area (TPSA) is 37.3 Å². The molecule has 1 aliphatic heterocycles. The predicted molar refractivity (Wildman–Crippen MR) is 52.8 cm³/mol. The van der Waals surface area contributed by atoms with Crippen molar-refractivity contribution in [2.45, 2.75) is 12.8 Å². The highest BCUT2D eigenvalue weighted by Gasteiger charge is 2.05. The summed E-state index contributed by atoms with van der Waals surface area (Å²) in [5, 5.41) is 3.15. The molecule has 0 spiro atoms. The number of hydrogen-bond acceptors (Lipinski definition) is 3. The molecule has 0 saturated heterocycles. The standard InChI is InChI=1S/C10H12FN3/c11-10-2-1-8(6-13-10)5-9-3-4-12-7-14-9/h1-2,6,12H,3-5,7H2. The van der Waals surface area contributed by atoms with E-state index in [1.165, 1.54) is 6.07 Å². The van der Waals surface area contributed by atoms with Crippen molar-refractivity contribution in [2.75, 3.05) is 13.2 Å². The first kappa shape index (κ1) is 9.27. The van der Waals surface area contributed by atoms with E-state index >= 15 is 0 Å². The molecule has 0 saturated carbocycles. The predicted octanol–water partition coefficient (Wildman–Crippen LogP) is 1.16. The summed E-state index contributed by atoms with van der Waals surface area (Å²) in [5.41, 5.74) is 2.18. The largest absolute Gasteiger partial charge is 0.298 e. The van der Waals surface area contributed by atoms with Crippen LogP contribution in [0.1, 0.15) is 12.0 Å². The van der Waals surface area contributed by atoms with Crippen LogP contribution in [-0.2, 0) is 6.42 Å². The average molecular weight is 193 g/mol. The summed E-state index contributed by atoms with van der Waals surface area (Å²) in [6.45, 7) is 1.68. The number of halogens is 1. The van der Waals surface area contributed by atoms with Crippen LogP contribution in [0.4, 0.5) is 4.39 Å². The van der Waals surface area contributed by atoms with Crippen LogP contribution in [0.25, 0.3) is 0 Å². The molecule has 74 valence electrons. The molecule has 0 aromatic carbocycles. The zero-order chi connectivity index (χ0) is 9.80. The Kier molecular flexibility index (Phi) is 2.84. The quantitative estimate of drug-likeness (QED) is 0.715. The Labute approximate surface area is 82.1 Å². The molecule has 14 heavy (non-hydrogen) atoms. The molecule has 0 unspecified atom stereocenters. The van der Waals surface area contributed by atoms with E-state index in [-0.39, 0.29) is 0 Å². The summed E-state index contributed by atoms with van der Waals surface area (Å²) in [6, 6.07) is 3.14. The summed E-state index contributed by atoms with van der Waals surface area (Å²) in [6.07, 6.45) is 3.33. The van der Waals surface area contributed by atoms with Gasteiger partial charge in [0.1, 0.15) is 0 Å². The highest BCUT2D eigenvalue weighted by atomic mass is 19.1. The van der Waals surface area contributed by atoms with Crippen molar-refractivity contribution in [1.82, 2.24) is 10.3 Å². The highest BCUT2D eigenvalue weighted by molar-refractivity contribution is 5.87. The van der Waals surface area contributed by atoms with Crippen LogP contribution in [-0.4, -0.2) is 23.9 Å². The zero-order valence-corrected chi connectivity index (χ0v) is 7.83. The smallest absolute Gasteiger partial charge is 0.212 e. The van der Waals surface area contributed by atoms with Crippen LogP contribution in [0, 0.1) is 5.95 Å². The van der Waals surface area contributed by atoms with Crippen molar-refractivity contribution < 1.29 is 4.39 Å². The maximum absolute atomic E-state index is 12.5. The van der Waals surface area contributed by atoms with E-state index in [0.717, 1.165) is 30.7 Å². The third-order valence-electron chi connectivity index (χ3n) is 2.20. The van der Waals surface area contributed by atoms with Crippen LogP contribution in [0.5, 0.6) is 0 Å². The molecular formula is C10H12FN3.